The Bertz CT molecular complexity index is 995. The molecule has 2 aliphatic rings. The van der Waals surface area contributed by atoms with Gasteiger partial charge in [-0.1, -0.05) is 30.3 Å². The van der Waals surface area contributed by atoms with Gasteiger partial charge < -0.3 is 15.4 Å². The lowest BCUT2D eigenvalue weighted by atomic mass is 9.92. The molecule has 3 atom stereocenters. The van der Waals surface area contributed by atoms with Crippen molar-refractivity contribution in [3.63, 3.8) is 0 Å². The number of sulfone groups is 1. The molecule has 2 N–H and O–H groups in total. The van der Waals surface area contributed by atoms with Gasteiger partial charge in [0.1, 0.15) is 11.9 Å². The zero-order valence-corrected chi connectivity index (χ0v) is 20.1. The summed E-state index contributed by atoms with van der Waals surface area (Å²) in [5.41, 5.74) is 3.22. The molecule has 31 heavy (non-hydrogen) atoms. The first-order valence-corrected chi connectivity index (χ1v) is 12.5. The Morgan fingerprint density at radius 2 is 1.94 bits per heavy atom. The van der Waals surface area contributed by atoms with Gasteiger partial charge in [0.05, 0.1) is 10.1 Å². The second-order valence-corrected chi connectivity index (χ2v) is 11.3. The van der Waals surface area contributed by atoms with Crippen LogP contribution in [0.2, 0.25) is 0 Å². The SMILES string of the molecule is CC1Cc2cc(S(=O)(=O)C(C)C)cc(CN[C@H]3CCCN[C@H]3c3ccccc3)c2O1.Cl. The highest BCUT2D eigenvalue weighted by Crippen LogP contribution is 2.36. The van der Waals surface area contributed by atoms with Crippen molar-refractivity contribution in [2.24, 2.45) is 0 Å². The second kappa shape index (κ2) is 9.90. The van der Waals surface area contributed by atoms with E-state index < -0.39 is 15.1 Å². The van der Waals surface area contributed by atoms with Crippen LogP contribution in [0.15, 0.2) is 47.4 Å². The second-order valence-electron chi connectivity index (χ2n) is 8.77. The number of hydrogen-bond donors (Lipinski definition) is 2. The molecule has 0 amide bonds. The van der Waals surface area contributed by atoms with Gasteiger partial charge in [0.25, 0.3) is 0 Å². The van der Waals surface area contributed by atoms with Crippen LogP contribution < -0.4 is 15.4 Å². The van der Waals surface area contributed by atoms with Gasteiger partial charge >= 0.3 is 0 Å². The van der Waals surface area contributed by atoms with Crippen LogP contribution in [0.3, 0.4) is 0 Å². The van der Waals surface area contributed by atoms with E-state index in [0.717, 1.165) is 42.7 Å². The summed E-state index contributed by atoms with van der Waals surface area (Å²) in [6.45, 7) is 7.10. The van der Waals surface area contributed by atoms with Crippen LogP contribution in [0.25, 0.3) is 0 Å². The number of ether oxygens (including phenoxy) is 1. The Labute approximate surface area is 192 Å². The number of halogens is 1. The lowest BCUT2D eigenvalue weighted by molar-refractivity contribution is 0.250. The Hall–Kier alpha value is -1.60. The molecular formula is C24H33ClN2O3S. The third kappa shape index (κ3) is 5.08. The van der Waals surface area contributed by atoms with Crippen LogP contribution in [0.1, 0.15) is 56.3 Å². The van der Waals surface area contributed by atoms with E-state index in [1.807, 2.05) is 25.1 Å². The van der Waals surface area contributed by atoms with Gasteiger partial charge in [-0.25, -0.2) is 8.42 Å². The lowest BCUT2D eigenvalue weighted by Crippen LogP contribution is -2.45. The molecule has 0 aromatic heterocycles. The van der Waals surface area contributed by atoms with Crippen molar-refractivity contribution >= 4 is 22.2 Å². The molecule has 0 radical (unpaired) electrons. The number of benzene rings is 2. The summed E-state index contributed by atoms with van der Waals surface area (Å²) < 4.78 is 31.7. The first kappa shape index (κ1) is 24.1. The number of rotatable bonds is 6. The summed E-state index contributed by atoms with van der Waals surface area (Å²) >= 11 is 0. The molecule has 0 bridgehead atoms. The van der Waals surface area contributed by atoms with Crippen molar-refractivity contribution in [3.8, 4) is 5.75 Å². The van der Waals surface area contributed by atoms with Gasteiger partial charge in [0.15, 0.2) is 9.84 Å². The van der Waals surface area contributed by atoms with E-state index in [0.29, 0.717) is 11.4 Å². The number of nitrogens with one attached hydrogen (secondary N) is 2. The minimum absolute atomic E-state index is 0. The van der Waals surface area contributed by atoms with Crippen LogP contribution in [0.5, 0.6) is 5.75 Å². The first-order chi connectivity index (χ1) is 14.4. The van der Waals surface area contributed by atoms with Gasteiger partial charge in [-0.15, -0.1) is 12.4 Å². The van der Waals surface area contributed by atoms with Crippen molar-refractivity contribution in [3.05, 3.63) is 59.2 Å². The molecule has 0 saturated carbocycles. The third-order valence-electron chi connectivity index (χ3n) is 6.16. The lowest BCUT2D eigenvalue weighted by Gasteiger charge is -2.34. The first-order valence-electron chi connectivity index (χ1n) is 10.9. The Morgan fingerprint density at radius 1 is 1.19 bits per heavy atom. The number of fused-ring (bicyclic) bond motifs is 1. The summed E-state index contributed by atoms with van der Waals surface area (Å²) in [6.07, 6.45) is 3.02. The van der Waals surface area contributed by atoms with E-state index in [9.17, 15) is 8.42 Å². The topological polar surface area (TPSA) is 67.4 Å². The molecule has 170 valence electrons. The average Bonchev–Trinajstić information content (AvgIpc) is 3.13. The summed E-state index contributed by atoms with van der Waals surface area (Å²) in [7, 11) is -3.33. The largest absolute Gasteiger partial charge is 0.490 e. The van der Waals surface area contributed by atoms with Crippen LogP contribution in [-0.4, -0.2) is 32.4 Å². The fourth-order valence-corrected chi connectivity index (χ4v) is 5.66. The maximum atomic E-state index is 12.8. The van der Waals surface area contributed by atoms with Gasteiger partial charge in [0.2, 0.25) is 0 Å². The van der Waals surface area contributed by atoms with Crippen LogP contribution >= 0.6 is 12.4 Å². The van der Waals surface area contributed by atoms with Crippen molar-refractivity contribution in [1.29, 1.82) is 0 Å². The Kier molecular flexibility index (Phi) is 7.68. The van der Waals surface area contributed by atoms with Crippen molar-refractivity contribution < 1.29 is 13.2 Å². The van der Waals surface area contributed by atoms with E-state index in [1.165, 1.54) is 5.56 Å². The summed E-state index contributed by atoms with van der Waals surface area (Å²) in [6, 6.07) is 14.7. The predicted molar refractivity (Wildman–Crippen MR) is 127 cm³/mol. The molecule has 0 aliphatic carbocycles. The normalized spacial score (nSPS) is 23.2. The quantitative estimate of drug-likeness (QED) is 0.670. The van der Waals surface area contributed by atoms with Gasteiger partial charge in [-0.3, -0.25) is 0 Å². The number of hydrogen-bond acceptors (Lipinski definition) is 5. The van der Waals surface area contributed by atoms with Gasteiger partial charge in [-0.05, 0) is 63.4 Å². The van der Waals surface area contributed by atoms with Crippen LogP contribution in [0.4, 0.5) is 0 Å². The van der Waals surface area contributed by atoms with Crippen LogP contribution in [-0.2, 0) is 22.8 Å². The molecule has 1 fully saturated rings. The minimum atomic E-state index is -3.33. The molecule has 7 heteroatoms. The van der Waals surface area contributed by atoms with Crippen molar-refractivity contribution in [2.75, 3.05) is 6.54 Å². The third-order valence-corrected chi connectivity index (χ3v) is 8.30. The molecule has 0 spiro atoms. The Morgan fingerprint density at radius 3 is 2.65 bits per heavy atom. The van der Waals surface area contributed by atoms with Crippen molar-refractivity contribution in [1.82, 2.24) is 10.6 Å². The smallest absolute Gasteiger partial charge is 0.180 e. The fraction of sp³-hybridized carbons (Fsp3) is 0.500. The summed E-state index contributed by atoms with van der Waals surface area (Å²) in [4.78, 5) is 0.409. The minimum Gasteiger partial charge on any atom is -0.490 e. The van der Waals surface area contributed by atoms with E-state index in [4.69, 9.17) is 4.74 Å². The molecular weight excluding hydrogens is 432 g/mol. The van der Waals surface area contributed by atoms with Gasteiger partial charge in [0, 0.05) is 30.6 Å². The monoisotopic (exact) mass is 464 g/mol. The van der Waals surface area contributed by atoms with E-state index in [-0.39, 0.29) is 30.6 Å². The van der Waals surface area contributed by atoms with Gasteiger partial charge in [-0.2, -0.15) is 0 Å². The molecule has 2 aromatic carbocycles. The van der Waals surface area contributed by atoms with E-state index >= 15 is 0 Å². The molecule has 1 unspecified atom stereocenters. The maximum Gasteiger partial charge on any atom is 0.180 e. The predicted octanol–water partition coefficient (Wildman–Crippen LogP) is 4.20. The highest BCUT2D eigenvalue weighted by atomic mass is 35.5. The standard InChI is InChI=1S/C24H32N2O3S.ClH/c1-16(2)30(27,28)21-13-19-12-17(3)29-24(19)20(14-21)15-26-22-10-7-11-25-23(22)18-8-5-4-6-9-18;/h4-6,8-9,13-14,16-17,22-23,25-26H,7,10-12,15H2,1-3H3;1H/t17?,22-,23-;/m0./s1. The zero-order valence-electron chi connectivity index (χ0n) is 18.4. The fourth-order valence-electron chi connectivity index (χ4n) is 4.51. The average molecular weight is 465 g/mol. The maximum absolute atomic E-state index is 12.8. The highest BCUT2D eigenvalue weighted by Gasteiger charge is 2.30. The molecule has 2 aliphatic heterocycles. The van der Waals surface area contributed by atoms with E-state index in [1.54, 1.807) is 13.8 Å². The molecule has 1 saturated heterocycles. The molecule has 5 nitrogen and oxygen atoms in total. The summed E-state index contributed by atoms with van der Waals surface area (Å²) in [5.74, 6) is 0.859. The van der Waals surface area contributed by atoms with Crippen LogP contribution in [0, 0.1) is 0 Å². The zero-order chi connectivity index (χ0) is 21.3. The van der Waals surface area contributed by atoms with Crippen molar-refractivity contribution in [2.45, 2.75) is 74.9 Å². The highest BCUT2D eigenvalue weighted by molar-refractivity contribution is 7.92. The molecule has 2 aromatic rings. The molecule has 2 heterocycles. The summed E-state index contributed by atoms with van der Waals surface area (Å²) in [5, 5.41) is 6.90. The Balaban J connectivity index is 0.00000272. The number of piperidine rings is 1. The van der Waals surface area contributed by atoms with E-state index in [2.05, 4.69) is 34.9 Å². The molecule has 4 rings (SSSR count).